The molecule has 0 bridgehead atoms. The molecule has 0 aliphatic rings. The van der Waals surface area contributed by atoms with Gasteiger partial charge in [0.1, 0.15) is 5.69 Å². The Balaban J connectivity index is 2.60. The Labute approximate surface area is 163 Å². The van der Waals surface area contributed by atoms with Gasteiger partial charge in [0, 0.05) is 11.1 Å². The summed E-state index contributed by atoms with van der Waals surface area (Å²) in [5, 5.41) is 0. The maximum absolute atomic E-state index is 12.2. The van der Waals surface area contributed by atoms with Crippen molar-refractivity contribution in [1.29, 1.82) is 0 Å². The maximum Gasteiger partial charge on any atom is 0.355 e. The van der Waals surface area contributed by atoms with Gasteiger partial charge >= 0.3 is 5.97 Å². The summed E-state index contributed by atoms with van der Waals surface area (Å²) in [4.78, 5) is 15.2. The molecule has 0 spiro atoms. The predicted octanol–water partition coefficient (Wildman–Crippen LogP) is 4.80. The van der Waals surface area contributed by atoms with Crippen molar-refractivity contribution in [3.8, 4) is 28.4 Å². The fourth-order valence-electron chi connectivity index (χ4n) is 2.39. The van der Waals surface area contributed by atoms with Crippen molar-refractivity contribution in [3.05, 3.63) is 26.9 Å². The van der Waals surface area contributed by atoms with Crippen molar-refractivity contribution in [2.24, 2.45) is 0 Å². The molecule has 1 aromatic heterocycles. The topological polar surface area (TPSA) is 69.8 Å². The van der Waals surface area contributed by atoms with Crippen LogP contribution in [0.15, 0.2) is 21.2 Å². The number of esters is 1. The minimum absolute atomic E-state index is 0.326. The second-order valence-corrected chi connectivity index (χ2v) is 6.61. The Bertz CT molecular complexity index is 773. The highest BCUT2D eigenvalue weighted by Gasteiger charge is 2.26. The SMILES string of the molecule is CCCOC(=O)c1[nH]c(Br)c(-c2ccc(OC)c(OC)c2OC)c1Br. The Morgan fingerprint density at radius 2 is 1.76 bits per heavy atom. The van der Waals surface area contributed by atoms with Crippen LogP contribution in [0.25, 0.3) is 11.1 Å². The van der Waals surface area contributed by atoms with Crippen LogP contribution in [0, 0.1) is 0 Å². The molecule has 8 heteroatoms. The predicted molar refractivity (Wildman–Crippen MR) is 102 cm³/mol. The zero-order valence-corrected chi connectivity index (χ0v) is 17.5. The number of hydrogen-bond acceptors (Lipinski definition) is 5. The van der Waals surface area contributed by atoms with Gasteiger partial charge in [-0.05, 0) is 50.4 Å². The fraction of sp³-hybridized carbons (Fsp3) is 0.353. The molecule has 1 aromatic carbocycles. The Morgan fingerprint density at radius 3 is 2.32 bits per heavy atom. The number of ether oxygens (including phenoxy) is 4. The molecular formula is C17H19Br2NO5. The number of aromatic amines is 1. The van der Waals surface area contributed by atoms with Gasteiger partial charge in [0.05, 0.1) is 37.0 Å². The zero-order chi connectivity index (χ0) is 18.6. The van der Waals surface area contributed by atoms with Gasteiger partial charge in [0.25, 0.3) is 0 Å². The lowest BCUT2D eigenvalue weighted by Gasteiger charge is -2.15. The van der Waals surface area contributed by atoms with Gasteiger partial charge in [-0.15, -0.1) is 0 Å². The average Bonchev–Trinajstić information content (AvgIpc) is 2.92. The first kappa shape index (κ1) is 19.7. The molecule has 0 saturated heterocycles. The van der Waals surface area contributed by atoms with Crippen molar-refractivity contribution in [2.75, 3.05) is 27.9 Å². The molecule has 2 rings (SSSR count). The molecule has 25 heavy (non-hydrogen) atoms. The highest BCUT2D eigenvalue weighted by atomic mass is 79.9. The minimum Gasteiger partial charge on any atom is -0.493 e. The van der Waals surface area contributed by atoms with E-state index in [1.807, 2.05) is 13.0 Å². The Hall–Kier alpha value is -1.67. The van der Waals surface area contributed by atoms with Crippen molar-refractivity contribution in [1.82, 2.24) is 4.98 Å². The number of benzene rings is 1. The number of hydrogen-bond donors (Lipinski definition) is 1. The summed E-state index contributed by atoms with van der Waals surface area (Å²) >= 11 is 6.95. The number of H-pyrrole nitrogens is 1. The molecule has 0 radical (unpaired) electrons. The lowest BCUT2D eigenvalue weighted by molar-refractivity contribution is 0.0498. The largest absolute Gasteiger partial charge is 0.493 e. The van der Waals surface area contributed by atoms with Crippen molar-refractivity contribution >= 4 is 37.8 Å². The number of carbonyl (C=O) groups is 1. The monoisotopic (exact) mass is 475 g/mol. The maximum atomic E-state index is 12.2. The molecule has 0 fully saturated rings. The standard InChI is InChI=1S/C17H19Br2NO5/c1-5-8-25-17(21)13-12(18)11(16(19)20-13)9-6-7-10(22-2)15(24-4)14(9)23-3/h6-7,20H,5,8H2,1-4H3. The fourth-order valence-corrected chi connectivity index (χ4v) is 3.94. The molecule has 1 N–H and O–H groups in total. The summed E-state index contributed by atoms with van der Waals surface area (Å²) in [6, 6.07) is 3.61. The van der Waals surface area contributed by atoms with Crippen LogP contribution in [0.2, 0.25) is 0 Å². The zero-order valence-electron chi connectivity index (χ0n) is 14.4. The third-order valence-electron chi connectivity index (χ3n) is 3.51. The molecule has 0 unspecified atom stereocenters. The van der Waals surface area contributed by atoms with Gasteiger partial charge in [-0.25, -0.2) is 4.79 Å². The van der Waals surface area contributed by atoms with E-state index in [-0.39, 0.29) is 0 Å². The number of methoxy groups -OCH3 is 3. The third-order valence-corrected chi connectivity index (χ3v) is 4.90. The summed E-state index contributed by atoms with van der Waals surface area (Å²) in [6.07, 6.45) is 0.752. The van der Waals surface area contributed by atoms with Gasteiger partial charge < -0.3 is 23.9 Å². The first-order chi connectivity index (χ1) is 12.0. The molecule has 0 amide bonds. The van der Waals surface area contributed by atoms with Crippen LogP contribution in [-0.4, -0.2) is 38.9 Å². The summed E-state index contributed by atoms with van der Waals surface area (Å²) in [6.45, 7) is 2.30. The normalized spacial score (nSPS) is 10.5. The van der Waals surface area contributed by atoms with Crippen LogP contribution in [-0.2, 0) is 4.74 Å². The lowest BCUT2D eigenvalue weighted by Crippen LogP contribution is -2.06. The Morgan fingerprint density at radius 1 is 1.08 bits per heavy atom. The van der Waals surface area contributed by atoms with Crippen molar-refractivity contribution < 1.29 is 23.7 Å². The summed E-state index contributed by atoms with van der Waals surface area (Å²) < 4.78 is 22.7. The first-order valence-corrected chi connectivity index (χ1v) is 9.12. The van der Waals surface area contributed by atoms with Crippen molar-refractivity contribution in [3.63, 3.8) is 0 Å². The lowest BCUT2D eigenvalue weighted by atomic mass is 10.1. The first-order valence-electron chi connectivity index (χ1n) is 7.53. The molecule has 136 valence electrons. The van der Waals surface area contributed by atoms with E-state index in [0.29, 0.717) is 38.6 Å². The summed E-state index contributed by atoms with van der Waals surface area (Å²) in [7, 11) is 4.64. The van der Waals surface area contributed by atoms with E-state index in [1.165, 1.54) is 0 Å². The molecule has 6 nitrogen and oxygen atoms in total. The van der Waals surface area contributed by atoms with E-state index in [1.54, 1.807) is 27.4 Å². The van der Waals surface area contributed by atoms with Crippen LogP contribution < -0.4 is 14.2 Å². The Kier molecular flexibility index (Phi) is 6.78. The van der Waals surface area contributed by atoms with E-state index in [0.717, 1.165) is 17.5 Å². The van der Waals surface area contributed by atoms with E-state index in [2.05, 4.69) is 36.8 Å². The number of carbonyl (C=O) groups excluding carboxylic acids is 1. The second-order valence-electron chi connectivity index (χ2n) is 5.02. The highest BCUT2D eigenvalue weighted by molar-refractivity contribution is 9.11. The molecular weight excluding hydrogens is 458 g/mol. The van der Waals surface area contributed by atoms with Crippen LogP contribution in [0.4, 0.5) is 0 Å². The number of halogens is 2. The summed E-state index contributed by atoms with van der Waals surface area (Å²) in [5.41, 5.74) is 1.78. The molecule has 0 saturated carbocycles. The van der Waals surface area contributed by atoms with E-state index < -0.39 is 5.97 Å². The summed E-state index contributed by atoms with van der Waals surface area (Å²) in [5.74, 6) is 1.09. The smallest absolute Gasteiger partial charge is 0.355 e. The highest BCUT2D eigenvalue weighted by Crippen LogP contribution is 2.48. The molecule has 0 atom stereocenters. The molecule has 0 aliphatic carbocycles. The quantitative estimate of drug-likeness (QED) is 0.581. The van der Waals surface area contributed by atoms with Crippen LogP contribution in [0.1, 0.15) is 23.8 Å². The second kappa shape index (κ2) is 8.62. The van der Waals surface area contributed by atoms with Gasteiger partial charge in [-0.1, -0.05) is 6.92 Å². The van der Waals surface area contributed by atoms with Crippen LogP contribution >= 0.6 is 31.9 Å². The number of nitrogens with one attached hydrogen (secondary N) is 1. The van der Waals surface area contributed by atoms with Gasteiger partial charge in [-0.3, -0.25) is 0 Å². The van der Waals surface area contributed by atoms with Gasteiger partial charge in [0.15, 0.2) is 11.5 Å². The van der Waals surface area contributed by atoms with Gasteiger partial charge in [0.2, 0.25) is 5.75 Å². The number of rotatable bonds is 7. The van der Waals surface area contributed by atoms with E-state index in [9.17, 15) is 4.79 Å². The minimum atomic E-state index is -0.430. The van der Waals surface area contributed by atoms with Crippen molar-refractivity contribution in [2.45, 2.75) is 13.3 Å². The molecule has 0 aliphatic heterocycles. The molecule has 1 heterocycles. The van der Waals surface area contributed by atoms with E-state index >= 15 is 0 Å². The number of aromatic nitrogens is 1. The van der Waals surface area contributed by atoms with Crippen LogP contribution in [0.3, 0.4) is 0 Å². The van der Waals surface area contributed by atoms with Gasteiger partial charge in [-0.2, -0.15) is 0 Å². The van der Waals surface area contributed by atoms with E-state index in [4.69, 9.17) is 18.9 Å². The third kappa shape index (κ3) is 3.79. The van der Waals surface area contributed by atoms with Crippen LogP contribution in [0.5, 0.6) is 17.2 Å². The average molecular weight is 477 g/mol. The molecule has 2 aromatic rings.